The van der Waals surface area contributed by atoms with Crippen LogP contribution in [0.15, 0.2) is 0 Å². The standard InChI is InChI=1S/C11H27Cl3OSi3/c1-16(2)11(15-17(3,4)5)9-7-6-8-10-18(12,13)14/h11,16H,6-10H2,1-5H3. The first-order chi connectivity index (χ1) is 8.01. The molecule has 0 fully saturated rings. The molecule has 110 valence electrons. The van der Waals surface area contributed by atoms with Crippen LogP contribution in [0.2, 0.25) is 38.8 Å². The molecule has 0 saturated heterocycles. The van der Waals surface area contributed by atoms with E-state index >= 15 is 0 Å². The molecule has 1 unspecified atom stereocenters. The van der Waals surface area contributed by atoms with Gasteiger partial charge >= 0.3 is 6.00 Å². The van der Waals surface area contributed by atoms with Crippen LogP contribution in [0.4, 0.5) is 0 Å². The highest BCUT2D eigenvalue weighted by molar-refractivity contribution is 7.64. The summed E-state index contributed by atoms with van der Waals surface area (Å²) in [5.74, 6) is 0. The lowest BCUT2D eigenvalue weighted by Crippen LogP contribution is -2.38. The van der Waals surface area contributed by atoms with Crippen LogP contribution in [-0.4, -0.2) is 28.8 Å². The Morgan fingerprint density at radius 1 is 1.00 bits per heavy atom. The summed E-state index contributed by atoms with van der Waals surface area (Å²) in [4.78, 5) is 0. The summed E-state index contributed by atoms with van der Waals surface area (Å²) in [6.45, 7) is 11.6. The third kappa shape index (κ3) is 12.5. The Morgan fingerprint density at radius 3 is 1.94 bits per heavy atom. The third-order valence-corrected chi connectivity index (χ3v) is 8.56. The Balaban J connectivity index is 3.85. The molecule has 0 N–H and O–H groups in total. The predicted molar refractivity (Wildman–Crippen MR) is 93.7 cm³/mol. The van der Waals surface area contributed by atoms with Crippen LogP contribution in [0, 0.1) is 0 Å². The van der Waals surface area contributed by atoms with Gasteiger partial charge in [0, 0.05) is 5.73 Å². The van der Waals surface area contributed by atoms with Crippen LogP contribution in [0.5, 0.6) is 0 Å². The maximum atomic E-state index is 6.28. The van der Waals surface area contributed by atoms with E-state index in [0.29, 0.717) is 5.73 Å². The van der Waals surface area contributed by atoms with Crippen LogP contribution in [0.1, 0.15) is 25.7 Å². The topological polar surface area (TPSA) is 9.23 Å². The van der Waals surface area contributed by atoms with Crippen molar-refractivity contribution in [1.82, 2.24) is 0 Å². The molecule has 7 heteroatoms. The van der Waals surface area contributed by atoms with Gasteiger partial charge in [0.25, 0.3) is 0 Å². The molecule has 0 aromatic carbocycles. The molecule has 0 aliphatic rings. The number of hydrogen-bond acceptors (Lipinski definition) is 1. The molecule has 0 aliphatic carbocycles. The molecule has 1 atom stereocenters. The van der Waals surface area contributed by atoms with Crippen LogP contribution in [-0.2, 0) is 4.43 Å². The number of unbranched alkanes of at least 4 members (excludes halogenated alkanes) is 2. The second-order valence-electron chi connectivity index (χ2n) is 6.23. The molecule has 0 heterocycles. The van der Waals surface area contributed by atoms with Crippen molar-refractivity contribution >= 4 is 56.4 Å². The molecular formula is C11H27Cl3OSi3. The smallest absolute Gasteiger partial charge is 0.341 e. The van der Waals surface area contributed by atoms with Crippen molar-refractivity contribution in [2.75, 3.05) is 0 Å². The van der Waals surface area contributed by atoms with Gasteiger partial charge in [-0.3, -0.25) is 0 Å². The zero-order valence-electron chi connectivity index (χ0n) is 12.2. The normalized spacial score (nSPS) is 15.2. The van der Waals surface area contributed by atoms with Gasteiger partial charge in [-0.05, 0) is 32.1 Å². The maximum absolute atomic E-state index is 6.28. The van der Waals surface area contributed by atoms with Gasteiger partial charge in [0.1, 0.15) is 0 Å². The van der Waals surface area contributed by atoms with E-state index in [4.69, 9.17) is 37.7 Å². The van der Waals surface area contributed by atoms with Crippen molar-refractivity contribution in [3.05, 3.63) is 0 Å². The van der Waals surface area contributed by atoms with Crippen LogP contribution in [0.3, 0.4) is 0 Å². The molecule has 1 nitrogen and oxygen atoms in total. The Kier molecular flexibility index (Phi) is 9.41. The Bertz CT molecular complexity index is 227. The molecule has 0 saturated carbocycles. The van der Waals surface area contributed by atoms with Crippen LogP contribution in [0.25, 0.3) is 0 Å². The second-order valence-corrected chi connectivity index (χ2v) is 23.2. The molecular weight excluding hydrogens is 339 g/mol. The van der Waals surface area contributed by atoms with Crippen molar-refractivity contribution in [2.45, 2.75) is 70.2 Å². The SMILES string of the molecule is C[SiH](C)C(CCCCC[Si](Cl)(Cl)Cl)O[Si](C)(C)C. The Hall–Kier alpha value is 1.48. The summed E-state index contributed by atoms with van der Waals surface area (Å²) in [5.41, 5.74) is 0.529. The Morgan fingerprint density at radius 2 is 1.56 bits per heavy atom. The Labute approximate surface area is 130 Å². The van der Waals surface area contributed by atoms with Crippen molar-refractivity contribution < 1.29 is 4.43 Å². The molecule has 18 heavy (non-hydrogen) atoms. The molecule has 0 rings (SSSR count). The lowest BCUT2D eigenvalue weighted by atomic mass is 10.2. The lowest BCUT2D eigenvalue weighted by molar-refractivity contribution is 0.251. The summed E-state index contributed by atoms with van der Waals surface area (Å²) in [6, 6.07) is -1.61. The number of rotatable bonds is 9. The average molecular weight is 366 g/mol. The summed E-state index contributed by atoms with van der Waals surface area (Å²) in [5, 5.41) is 0. The quantitative estimate of drug-likeness (QED) is 0.300. The predicted octanol–water partition coefficient (Wildman–Crippen LogP) is 5.45. The van der Waals surface area contributed by atoms with Crippen molar-refractivity contribution in [3.63, 3.8) is 0 Å². The van der Waals surface area contributed by atoms with Gasteiger partial charge in [-0.2, -0.15) is 0 Å². The second kappa shape index (κ2) is 8.70. The fourth-order valence-corrected chi connectivity index (χ4v) is 7.93. The highest BCUT2D eigenvalue weighted by Gasteiger charge is 2.25. The maximum Gasteiger partial charge on any atom is 0.341 e. The number of hydrogen-bond donors (Lipinski definition) is 0. The first-order valence-corrected chi connectivity index (χ1v) is 18.4. The molecule has 0 spiro atoms. The first kappa shape index (κ1) is 19.5. The zero-order valence-corrected chi connectivity index (χ0v) is 17.7. The van der Waals surface area contributed by atoms with E-state index in [2.05, 4.69) is 32.7 Å². The third-order valence-electron chi connectivity index (χ3n) is 2.70. The van der Waals surface area contributed by atoms with E-state index in [0.717, 1.165) is 18.9 Å². The van der Waals surface area contributed by atoms with Gasteiger partial charge in [0.05, 0.1) is 8.80 Å². The van der Waals surface area contributed by atoms with Gasteiger partial charge in [0.15, 0.2) is 8.32 Å². The van der Waals surface area contributed by atoms with E-state index in [-0.39, 0.29) is 0 Å². The fourth-order valence-electron chi connectivity index (χ4n) is 1.83. The molecule has 0 amide bonds. The molecule has 0 aromatic heterocycles. The van der Waals surface area contributed by atoms with E-state index < -0.39 is 23.1 Å². The van der Waals surface area contributed by atoms with E-state index in [1.807, 2.05) is 0 Å². The van der Waals surface area contributed by atoms with Crippen LogP contribution < -0.4 is 0 Å². The van der Waals surface area contributed by atoms with E-state index in [1.165, 1.54) is 12.8 Å². The molecule has 0 aliphatic heterocycles. The first-order valence-electron chi connectivity index (χ1n) is 6.76. The monoisotopic (exact) mass is 364 g/mol. The fraction of sp³-hybridized carbons (Fsp3) is 1.00. The summed E-state index contributed by atoms with van der Waals surface area (Å²) in [6.07, 6.45) is 4.60. The highest BCUT2D eigenvalue weighted by atomic mass is 35.8. The summed E-state index contributed by atoms with van der Waals surface area (Å²) in [7, 11) is -2.13. The molecule has 0 radical (unpaired) electrons. The van der Waals surface area contributed by atoms with Crippen molar-refractivity contribution in [2.24, 2.45) is 0 Å². The minimum atomic E-state index is -2.39. The molecule has 0 bridgehead atoms. The van der Waals surface area contributed by atoms with E-state index in [9.17, 15) is 0 Å². The minimum absolute atomic E-state index is 0.529. The zero-order chi connectivity index (χ0) is 14.4. The van der Waals surface area contributed by atoms with Gasteiger partial charge in [-0.1, -0.05) is 32.4 Å². The minimum Gasteiger partial charge on any atom is -0.418 e. The van der Waals surface area contributed by atoms with Crippen LogP contribution >= 0.6 is 33.2 Å². The average Bonchev–Trinajstić information content (AvgIpc) is 2.11. The summed E-state index contributed by atoms with van der Waals surface area (Å²) >= 11 is 17.6. The van der Waals surface area contributed by atoms with Gasteiger partial charge in [0.2, 0.25) is 0 Å². The van der Waals surface area contributed by atoms with Gasteiger partial charge in [-0.25, -0.2) is 0 Å². The molecule has 0 aromatic rings. The summed E-state index contributed by atoms with van der Waals surface area (Å²) < 4.78 is 6.28. The number of halogens is 3. The highest BCUT2D eigenvalue weighted by Crippen LogP contribution is 2.27. The van der Waals surface area contributed by atoms with Gasteiger partial charge in [-0.15, -0.1) is 33.2 Å². The van der Waals surface area contributed by atoms with Crippen molar-refractivity contribution in [3.8, 4) is 0 Å². The van der Waals surface area contributed by atoms with E-state index in [1.54, 1.807) is 0 Å². The largest absolute Gasteiger partial charge is 0.418 e. The van der Waals surface area contributed by atoms with Gasteiger partial charge < -0.3 is 4.43 Å². The lowest BCUT2D eigenvalue weighted by Gasteiger charge is -2.29. The van der Waals surface area contributed by atoms with Crippen molar-refractivity contribution in [1.29, 1.82) is 0 Å².